The molecule has 4 N–H and O–H groups in total. The maximum absolute atomic E-state index is 7.07. The van der Waals surface area contributed by atoms with Crippen molar-refractivity contribution in [3.63, 3.8) is 0 Å². The van der Waals surface area contributed by atoms with Gasteiger partial charge >= 0.3 is 26.2 Å². The first-order valence-electron chi connectivity index (χ1n) is 10.1. The number of rotatable bonds is 8. The van der Waals surface area contributed by atoms with E-state index in [1.165, 1.54) is 0 Å². The number of nitrogens with one attached hydrogen (secondary N) is 4. The minimum atomic E-state index is 0. The molecule has 0 rings (SSSR count). The third kappa shape index (κ3) is 45.6. The van der Waals surface area contributed by atoms with E-state index in [-0.39, 0.29) is 50.4 Å². The molecule has 0 atom stereocenters. The molecule has 0 aromatic rings. The van der Waals surface area contributed by atoms with Crippen molar-refractivity contribution in [2.45, 2.75) is 131 Å². The van der Waals surface area contributed by atoms with Crippen LogP contribution in [0.25, 0.3) is 22.9 Å². The van der Waals surface area contributed by atoms with Gasteiger partial charge in [-0.1, -0.05) is 107 Å². The molecule has 0 aromatic heterocycles. The molecule has 0 aliphatic heterocycles. The van der Waals surface area contributed by atoms with Crippen LogP contribution in [-0.4, -0.2) is 24.2 Å². The van der Waals surface area contributed by atoms with Crippen LogP contribution in [0.1, 0.15) is 107 Å². The van der Waals surface area contributed by atoms with Gasteiger partial charge in [-0.25, -0.2) is 0 Å². The van der Waals surface area contributed by atoms with Gasteiger partial charge in [0.05, 0.1) is 0 Å². The van der Waals surface area contributed by atoms with E-state index in [4.69, 9.17) is 22.9 Å². The summed E-state index contributed by atoms with van der Waals surface area (Å²) in [7, 11) is 0. The summed E-state index contributed by atoms with van der Waals surface area (Å²) in [5, 5.41) is 0. The van der Waals surface area contributed by atoms with Gasteiger partial charge in [-0.2, -0.15) is 0 Å². The molecule has 0 saturated carbocycles. The van der Waals surface area contributed by atoms with Crippen molar-refractivity contribution in [1.82, 2.24) is 0 Å². The van der Waals surface area contributed by atoms with E-state index >= 15 is 0 Å². The van der Waals surface area contributed by atoms with Gasteiger partial charge < -0.3 is 22.9 Å². The van der Waals surface area contributed by atoms with E-state index in [0.29, 0.717) is 0 Å². The second-order valence-electron chi connectivity index (χ2n) is 6.05. The standard InChI is InChI=1S/4C5H12N.Zr/c4*1-3-5(6)4-2;/h4*5-6H,3-4H2,1-2H3;/q4*-1;+4. The van der Waals surface area contributed by atoms with Crippen molar-refractivity contribution < 1.29 is 26.2 Å². The van der Waals surface area contributed by atoms with Gasteiger partial charge in [0.25, 0.3) is 0 Å². The molecule has 0 aliphatic rings. The molecule has 0 aromatic carbocycles. The molecule has 25 heavy (non-hydrogen) atoms. The third-order valence-corrected chi connectivity index (χ3v) is 3.94. The van der Waals surface area contributed by atoms with Gasteiger partial charge in [-0.05, 0) is 0 Å². The van der Waals surface area contributed by atoms with Crippen molar-refractivity contribution >= 4 is 0 Å². The second kappa shape index (κ2) is 32.4. The molecule has 4 nitrogen and oxygen atoms in total. The van der Waals surface area contributed by atoms with Gasteiger partial charge in [-0.15, -0.1) is 24.2 Å². The Bertz CT molecular complexity index is 139. The fourth-order valence-electron chi connectivity index (χ4n) is 1.15. The predicted octanol–water partition coefficient (Wildman–Crippen LogP) is 8.91. The zero-order valence-corrected chi connectivity index (χ0v) is 20.9. The molecule has 5 heteroatoms. The quantitative estimate of drug-likeness (QED) is 0.363. The summed E-state index contributed by atoms with van der Waals surface area (Å²) in [5.41, 5.74) is 28.3. The van der Waals surface area contributed by atoms with Crippen LogP contribution in [0.3, 0.4) is 0 Å². The van der Waals surface area contributed by atoms with Crippen molar-refractivity contribution in [2.24, 2.45) is 0 Å². The first-order chi connectivity index (χ1) is 11.2. The minimum Gasteiger partial charge on any atom is -0.675 e. The van der Waals surface area contributed by atoms with Crippen LogP contribution in [-0.2, 0) is 26.2 Å². The fourth-order valence-corrected chi connectivity index (χ4v) is 1.15. The summed E-state index contributed by atoms with van der Waals surface area (Å²) in [6.45, 7) is 16.3. The maximum atomic E-state index is 7.07. The van der Waals surface area contributed by atoms with Crippen LogP contribution < -0.4 is 0 Å². The topological polar surface area (TPSA) is 95.2 Å². The van der Waals surface area contributed by atoms with Crippen LogP contribution in [0, 0.1) is 0 Å². The van der Waals surface area contributed by atoms with E-state index in [1.54, 1.807) is 0 Å². The largest absolute Gasteiger partial charge is 4.00 e. The van der Waals surface area contributed by atoms with Crippen LogP contribution >= 0.6 is 0 Å². The Balaban J connectivity index is -0.0000000702. The average Bonchev–Trinajstić information content (AvgIpc) is 2.66. The summed E-state index contributed by atoms with van der Waals surface area (Å²) < 4.78 is 0. The van der Waals surface area contributed by atoms with E-state index < -0.39 is 0 Å². The normalized spacial score (nSPS) is 9.60. The predicted molar refractivity (Wildman–Crippen MR) is 115 cm³/mol. The third-order valence-electron chi connectivity index (χ3n) is 3.94. The van der Waals surface area contributed by atoms with Gasteiger partial charge in [0.1, 0.15) is 0 Å². The SMILES string of the molecule is CCC([NH-])CC.CCC([NH-])CC.CCC([NH-])CC.CCC([NH-])CC.[Zr+4]. The molecular formula is C20H48N4Zr. The Morgan fingerprint density at radius 2 is 0.440 bits per heavy atom. The molecule has 0 aliphatic carbocycles. The minimum absolute atomic E-state index is 0. The van der Waals surface area contributed by atoms with Gasteiger partial charge in [0.2, 0.25) is 0 Å². The fraction of sp³-hybridized carbons (Fsp3) is 1.00. The van der Waals surface area contributed by atoms with Crippen molar-refractivity contribution in [1.29, 1.82) is 0 Å². The van der Waals surface area contributed by atoms with Crippen molar-refractivity contribution in [2.75, 3.05) is 0 Å². The van der Waals surface area contributed by atoms with E-state index in [9.17, 15) is 0 Å². The smallest absolute Gasteiger partial charge is 0.675 e. The first-order valence-corrected chi connectivity index (χ1v) is 10.1. The Morgan fingerprint density at radius 1 is 0.360 bits per heavy atom. The Labute approximate surface area is 179 Å². The molecule has 0 fully saturated rings. The summed E-state index contributed by atoms with van der Waals surface area (Å²) in [5.74, 6) is 0. The molecule has 152 valence electrons. The van der Waals surface area contributed by atoms with Crippen LogP contribution in [0.5, 0.6) is 0 Å². The van der Waals surface area contributed by atoms with Gasteiger partial charge in [0.15, 0.2) is 0 Å². The molecule has 0 spiro atoms. The number of hydrogen-bond donors (Lipinski definition) is 0. The Morgan fingerprint density at radius 3 is 0.440 bits per heavy atom. The van der Waals surface area contributed by atoms with Crippen LogP contribution in [0.2, 0.25) is 0 Å². The second-order valence-corrected chi connectivity index (χ2v) is 6.05. The Hall–Kier alpha value is 0.723. The molecular weight excluding hydrogens is 387 g/mol. The van der Waals surface area contributed by atoms with E-state index in [1.807, 2.05) is 55.4 Å². The summed E-state index contributed by atoms with van der Waals surface area (Å²) in [6, 6.07) is 0.741. The Kier molecular flexibility index (Phi) is 47.4. The molecule has 0 heterocycles. The van der Waals surface area contributed by atoms with Gasteiger partial charge in [-0.3, -0.25) is 0 Å². The summed E-state index contributed by atoms with van der Waals surface area (Å²) in [6.07, 6.45) is 7.97. The molecule has 0 unspecified atom stereocenters. The number of hydrogen-bond acceptors (Lipinski definition) is 0. The molecule has 0 radical (unpaired) electrons. The molecule has 0 amide bonds. The summed E-state index contributed by atoms with van der Waals surface area (Å²) >= 11 is 0. The van der Waals surface area contributed by atoms with Crippen LogP contribution in [0.4, 0.5) is 0 Å². The zero-order valence-electron chi connectivity index (χ0n) is 18.5. The first kappa shape index (κ1) is 36.6. The summed E-state index contributed by atoms with van der Waals surface area (Å²) in [4.78, 5) is 0. The van der Waals surface area contributed by atoms with Crippen molar-refractivity contribution in [3.05, 3.63) is 22.9 Å². The molecule has 0 saturated heterocycles. The monoisotopic (exact) mass is 434 g/mol. The maximum Gasteiger partial charge on any atom is 4.00 e. The van der Waals surface area contributed by atoms with Crippen LogP contribution in [0.15, 0.2) is 0 Å². The molecule has 0 bridgehead atoms. The van der Waals surface area contributed by atoms with E-state index in [0.717, 1.165) is 51.4 Å². The van der Waals surface area contributed by atoms with E-state index in [2.05, 4.69) is 0 Å². The average molecular weight is 436 g/mol. The van der Waals surface area contributed by atoms with Gasteiger partial charge in [0, 0.05) is 0 Å². The zero-order chi connectivity index (χ0) is 20.0. The van der Waals surface area contributed by atoms with Crippen molar-refractivity contribution in [3.8, 4) is 0 Å².